The zero-order valence-corrected chi connectivity index (χ0v) is 14.0. The Bertz CT molecular complexity index is 917. The minimum absolute atomic E-state index is 0.00271. The maximum Gasteiger partial charge on any atom is 0.259 e. The molecule has 0 radical (unpaired) electrons. The average molecular weight is 339 g/mol. The number of halogens is 1. The van der Waals surface area contributed by atoms with E-state index in [-0.39, 0.29) is 17.5 Å². The van der Waals surface area contributed by atoms with E-state index in [4.69, 9.17) is 0 Å². The molecule has 2 N–H and O–H groups in total. The van der Waals surface area contributed by atoms with Gasteiger partial charge in [0.2, 0.25) is 0 Å². The lowest BCUT2D eigenvalue weighted by atomic mass is 10.1. The number of benzene rings is 2. The number of aromatic nitrogens is 2. The van der Waals surface area contributed by atoms with E-state index >= 15 is 0 Å². The van der Waals surface area contributed by atoms with Gasteiger partial charge in [0.15, 0.2) is 0 Å². The normalized spacial score (nSPS) is 10.7. The van der Waals surface area contributed by atoms with Gasteiger partial charge in [0.25, 0.3) is 5.91 Å². The number of phenols is 1. The SMILES string of the molecule is CCc1c(C(=O)Nc2cc(C)ccc2O)cnn1-c1ccc(F)cc1. The van der Waals surface area contributed by atoms with Crippen LogP contribution in [0.2, 0.25) is 0 Å². The molecule has 1 amide bonds. The number of aryl methyl sites for hydroxylation is 1. The number of nitrogens with zero attached hydrogens (tertiary/aromatic N) is 2. The number of carbonyl (C=O) groups is 1. The molecule has 6 heteroatoms. The Morgan fingerprint density at radius 1 is 1.24 bits per heavy atom. The van der Waals surface area contributed by atoms with Crippen LogP contribution in [0.1, 0.15) is 28.5 Å². The standard InChI is InChI=1S/C19H18FN3O2/c1-3-17-15(11-21-23(17)14-7-5-13(20)6-8-14)19(25)22-16-10-12(2)4-9-18(16)24/h4-11,24H,3H2,1-2H3,(H,22,25). The van der Waals surface area contributed by atoms with Gasteiger partial charge in [-0.3, -0.25) is 4.79 Å². The highest BCUT2D eigenvalue weighted by Gasteiger charge is 2.18. The molecule has 3 rings (SSSR count). The number of aromatic hydroxyl groups is 1. The molecule has 0 aliphatic heterocycles. The Balaban J connectivity index is 1.93. The highest BCUT2D eigenvalue weighted by atomic mass is 19.1. The quantitative estimate of drug-likeness (QED) is 0.710. The average Bonchev–Trinajstić information content (AvgIpc) is 3.03. The highest BCUT2D eigenvalue weighted by Crippen LogP contribution is 2.25. The molecule has 1 heterocycles. The van der Waals surface area contributed by atoms with Crippen molar-refractivity contribution in [1.82, 2.24) is 9.78 Å². The summed E-state index contributed by atoms with van der Waals surface area (Å²) in [6, 6.07) is 10.9. The number of carbonyl (C=O) groups excluding carboxylic acids is 1. The minimum Gasteiger partial charge on any atom is -0.506 e. The molecule has 0 bridgehead atoms. The van der Waals surface area contributed by atoms with E-state index in [1.54, 1.807) is 28.9 Å². The fraction of sp³-hybridized carbons (Fsp3) is 0.158. The fourth-order valence-electron chi connectivity index (χ4n) is 2.65. The molecular formula is C19H18FN3O2. The van der Waals surface area contributed by atoms with Crippen molar-refractivity contribution >= 4 is 11.6 Å². The van der Waals surface area contributed by atoms with Crippen LogP contribution in [0.3, 0.4) is 0 Å². The lowest BCUT2D eigenvalue weighted by Crippen LogP contribution is -2.14. The number of hydrogen-bond acceptors (Lipinski definition) is 3. The van der Waals surface area contributed by atoms with Crippen molar-refractivity contribution in [2.45, 2.75) is 20.3 Å². The Labute approximate surface area is 144 Å². The van der Waals surface area contributed by atoms with Crippen LogP contribution in [-0.4, -0.2) is 20.8 Å². The van der Waals surface area contributed by atoms with Gasteiger partial charge in [-0.05, 0) is 55.3 Å². The van der Waals surface area contributed by atoms with Gasteiger partial charge in [0, 0.05) is 0 Å². The molecule has 0 aliphatic carbocycles. The lowest BCUT2D eigenvalue weighted by molar-refractivity contribution is 0.102. The van der Waals surface area contributed by atoms with E-state index in [1.807, 2.05) is 13.8 Å². The number of phenolic OH excluding ortho intramolecular Hbond substituents is 1. The summed E-state index contributed by atoms with van der Waals surface area (Å²) in [6.07, 6.45) is 2.05. The number of nitrogens with one attached hydrogen (secondary N) is 1. The molecule has 3 aromatic rings. The van der Waals surface area contributed by atoms with Crippen LogP contribution < -0.4 is 5.32 Å². The maximum atomic E-state index is 13.1. The van der Waals surface area contributed by atoms with Gasteiger partial charge in [-0.2, -0.15) is 5.10 Å². The summed E-state index contributed by atoms with van der Waals surface area (Å²) in [6.45, 7) is 3.79. The second-order valence-corrected chi connectivity index (χ2v) is 5.72. The van der Waals surface area contributed by atoms with Gasteiger partial charge >= 0.3 is 0 Å². The van der Waals surface area contributed by atoms with Crippen LogP contribution in [0.25, 0.3) is 5.69 Å². The summed E-state index contributed by atoms with van der Waals surface area (Å²) < 4.78 is 14.7. The summed E-state index contributed by atoms with van der Waals surface area (Å²) >= 11 is 0. The molecule has 0 fully saturated rings. The first-order valence-electron chi connectivity index (χ1n) is 7.93. The Kier molecular flexibility index (Phi) is 4.52. The van der Waals surface area contributed by atoms with E-state index in [0.29, 0.717) is 29.1 Å². The van der Waals surface area contributed by atoms with Crippen molar-refractivity contribution < 1.29 is 14.3 Å². The van der Waals surface area contributed by atoms with Gasteiger partial charge < -0.3 is 10.4 Å². The smallest absolute Gasteiger partial charge is 0.259 e. The van der Waals surface area contributed by atoms with Crippen molar-refractivity contribution in [1.29, 1.82) is 0 Å². The van der Waals surface area contributed by atoms with Gasteiger partial charge in [-0.1, -0.05) is 13.0 Å². The number of amides is 1. The van der Waals surface area contributed by atoms with Crippen LogP contribution >= 0.6 is 0 Å². The lowest BCUT2D eigenvalue weighted by Gasteiger charge is -2.10. The molecule has 1 aromatic heterocycles. The fourth-order valence-corrected chi connectivity index (χ4v) is 2.65. The van der Waals surface area contributed by atoms with Crippen molar-refractivity contribution in [3.63, 3.8) is 0 Å². The first-order valence-corrected chi connectivity index (χ1v) is 7.93. The summed E-state index contributed by atoms with van der Waals surface area (Å²) in [5.41, 5.74) is 3.06. The molecule has 0 unspecified atom stereocenters. The predicted molar refractivity (Wildman–Crippen MR) is 93.7 cm³/mol. The number of hydrogen-bond donors (Lipinski definition) is 2. The third-order valence-corrected chi connectivity index (χ3v) is 3.92. The largest absolute Gasteiger partial charge is 0.506 e. The highest BCUT2D eigenvalue weighted by molar-refractivity contribution is 6.05. The molecule has 0 saturated carbocycles. The minimum atomic E-state index is -0.355. The third kappa shape index (κ3) is 3.38. The van der Waals surface area contributed by atoms with Crippen molar-refractivity contribution in [2.24, 2.45) is 0 Å². The predicted octanol–water partition coefficient (Wildman–Crippen LogP) is 3.84. The zero-order chi connectivity index (χ0) is 18.0. The van der Waals surface area contributed by atoms with E-state index in [9.17, 15) is 14.3 Å². The Morgan fingerprint density at radius 3 is 2.64 bits per heavy atom. The zero-order valence-electron chi connectivity index (χ0n) is 14.0. The van der Waals surface area contributed by atoms with Crippen LogP contribution in [0, 0.1) is 12.7 Å². The van der Waals surface area contributed by atoms with Crippen LogP contribution in [0.15, 0.2) is 48.7 Å². The van der Waals surface area contributed by atoms with E-state index in [0.717, 1.165) is 5.56 Å². The summed E-state index contributed by atoms with van der Waals surface area (Å²) in [7, 11) is 0. The van der Waals surface area contributed by atoms with Gasteiger partial charge in [-0.15, -0.1) is 0 Å². The van der Waals surface area contributed by atoms with Gasteiger partial charge in [0.05, 0.1) is 28.8 Å². The monoisotopic (exact) mass is 339 g/mol. The third-order valence-electron chi connectivity index (χ3n) is 3.92. The second-order valence-electron chi connectivity index (χ2n) is 5.72. The van der Waals surface area contributed by atoms with Crippen LogP contribution in [-0.2, 0) is 6.42 Å². The molecule has 0 saturated heterocycles. The second kappa shape index (κ2) is 6.76. The first-order chi connectivity index (χ1) is 12.0. The molecule has 25 heavy (non-hydrogen) atoms. The van der Waals surface area contributed by atoms with Crippen molar-refractivity contribution in [2.75, 3.05) is 5.32 Å². The summed E-state index contributed by atoms with van der Waals surface area (Å²) in [5.74, 6) is -0.684. The topological polar surface area (TPSA) is 67.2 Å². The van der Waals surface area contributed by atoms with Crippen molar-refractivity contribution in [3.05, 3.63) is 71.3 Å². The van der Waals surface area contributed by atoms with Crippen LogP contribution in [0.4, 0.5) is 10.1 Å². The summed E-state index contributed by atoms with van der Waals surface area (Å²) in [4.78, 5) is 12.6. The van der Waals surface area contributed by atoms with E-state index < -0.39 is 0 Å². The molecule has 128 valence electrons. The Morgan fingerprint density at radius 2 is 1.96 bits per heavy atom. The molecule has 5 nitrogen and oxygen atoms in total. The molecular weight excluding hydrogens is 321 g/mol. The molecule has 0 aliphatic rings. The van der Waals surface area contributed by atoms with Crippen molar-refractivity contribution in [3.8, 4) is 11.4 Å². The molecule has 2 aromatic carbocycles. The van der Waals surface area contributed by atoms with Crippen LogP contribution in [0.5, 0.6) is 5.75 Å². The number of rotatable bonds is 4. The maximum absolute atomic E-state index is 13.1. The number of anilines is 1. The van der Waals surface area contributed by atoms with E-state index in [1.165, 1.54) is 24.4 Å². The molecule has 0 atom stereocenters. The van der Waals surface area contributed by atoms with Gasteiger partial charge in [-0.25, -0.2) is 9.07 Å². The Hall–Kier alpha value is -3.15. The molecule has 0 spiro atoms. The summed E-state index contributed by atoms with van der Waals surface area (Å²) in [5, 5.41) is 16.9. The van der Waals surface area contributed by atoms with Gasteiger partial charge in [0.1, 0.15) is 11.6 Å². The van der Waals surface area contributed by atoms with E-state index in [2.05, 4.69) is 10.4 Å². The first kappa shape index (κ1) is 16.7.